The summed E-state index contributed by atoms with van der Waals surface area (Å²) < 4.78 is 6.42. The number of thiophene rings is 2. The van der Waals surface area contributed by atoms with Gasteiger partial charge in [0.05, 0.1) is 24.2 Å². The largest absolute Gasteiger partial charge is 1.00 e. The zero-order valence-electron chi connectivity index (χ0n) is 68.4. The van der Waals surface area contributed by atoms with Gasteiger partial charge >= 0.3 is 36.7 Å². The molecule has 4 aromatic heterocycles. The summed E-state index contributed by atoms with van der Waals surface area (Å²) in [5.41, 5.74) is 4.44. The molecule has 0 spiro atoms. The van der Waals surface area contributed by atoms with E-state index in [9.17, 15) is 0 Å². The molecular formula is C104H93BBrN2NaO7P4PdS2. The number of halogens is 1. The van der Waals surface area contributed by atoms with Crippen LogP contribution >= 0.6 is 70.3 Å². The number of nitrogens with zero attached hydrogens (tertiary/aromatic N) is 2. The third-order valence-electron chi connectivity index (χ3n) is 17.6. The molecule has 0 unspecified atom stereocenters. The van der Waals surface area contributed by atoms with Crippen molar-refractivity contribution in [3.05, 3.63) is 476 Å². The minimum atomic E-state index is -1.30. The summed E-state index contributed by atoms with van der Waals surface area (Å²) in [6.45, 7) is 5.02. The number of fused-ring (bicyclic) bond motifs is 2. The molecule has 0 bridgehead atoms. The van der Waals surface area contributed by atoms with Gasteiger partial charge < -0.3 is 30.0 Å². The topological polar surface area (TPSA) is 145 Å². The van der Waals surface area contributed by atoms with Crippen LogP contribution in [0.5, 0.6) is 0 Å². The molecule has 0 fully saturated rings. The molecule has 0 aliphatic heterocycles. The molecule has 0 atom stereocenters. The smallest absolute Gasteiger partial charge is 0.662 e. The van der Waals surface area contributed by atoms with Crippen LogP contribution in [0.25, 0.3) is 32.2 Å². The second-order valence-corrected chi connectivity index (χ2v) is 37.8. The van der Waals surface area contributed by atoms with Crippen LogP contribution < -0.4 is 103 Å². The van der Waals surface area contributed by atoms with Crippen molar-refractivity contribution in [1.82, 2.24) is 9.97 Å². The number of aliphatic hydroxyl groups excluding tert-OH is 1. The van der Waals surface area contributed by atoms with Crippen LogP contribution in [0.2, 0.25) is 0 Å². The predicted molar refractivity (Wildman–Crippen MR) is 525 cm³/mol. The molecule has 123 heavy (non-hydrogen) atoms. The van der Waals surface area contributed by atoms with Gasteiger partial charge in [-0.15, -0.1) is 11.3 Å². The quantitative estimate of drug-likeness (QED) is 0.0191. The van der Waals surface area contributed by atoms with E-state index in [1.54, 1.807) is 28.8 Å². The maximum absolute atomic E-state index is 8.64. The number of ether oxygens (including phenoxy) is 1. The fraction of sp³-hybridized carbons (Fsp3) is 0.0481. The summed E-state index contributed by atoms with van der Waals surface area (Å²) in [5.74, 6) is 0. The van der Waals surface area contributed by atoms with Crippen molar-refractivity contribution in [1.29, 1.82) is 0 Å². The Morgan fingerprint density at radius 1 is 0.382 bits per heavy atom. The molecule has 19 heteroatoms. The number of carbonyl (C=O) groups is 1. The molecule has 9 nitrogen and oxygen atoms in total. The van der Waals surface area contributed by atoms with Crippen LogP contribution in [0, 0.1) is 6.92 Å². The van der Waals surface area contributed by atoms with Crippen molar-refractivity contribution in [2.45, 2.75) is 13.8 Å². The SMILES string of the molecule is CCOCCO.Cc1ccc2cc(Br)ccc2n1.O=CO[O-].OB(O)c1cccs1.[Na+].[Pd].c1ccc(P(c2ccccc2)c2ccccc2)cc1.c1ccc(P(c2ccccc2)c2ccccc2)cc1.c1ccc(P(c2ccccc2)c2ccccc2)cc1.c1ccc(P(c2ccccc2)c2ccccc2)cc1.c1csc(-c2ccc3ncccc3c2)c1. The van der Waals surface area contributed by atoms with Crippen molar-refractivity contribution in [2.75, 3.05) is 19.8 Å². The van der Waals surface area contributed by atoms with Crippen LogP contribution in [0.4, 0.5) is 0 Å². The normalized spacial score (nSPS) is 10.1. The Labute approximate surface area is 781 Å². The molecular weight excluding hydrogens is 1800 g/mol. The van der Waals surface area contributed by atoms with Crippen LogP contribution in [0.3, 0.4) is 0 Å². The summed E-state index contributed by atoms with van der Waals surface area (Å²) in [5, 5.41) is 56.5. The maximum atomic E-state index is 8.64. The number of rotatable bonds is 18. The molecule has 0 saturated carbocycles. The van der Waals surface area contributed by atoms with Gasteiger partial charge in [0.15, 0.2) is 0 Å². The Balaban J connectivity index is 0.000000176. The number of carbonyl (C=O) groups excluding carboxylic acids is 1. The van der Waals surface area contributed by atoms with Gasteiger partial charge in [-0.05, 0) is 174 Å². The number of benzene rings is 14. The van der Waals surface area contributed by atoms with E-state index in [1.165, 1.54) is 96.2 Å². The zero-order chi connectivity index (χ0) is 84.5. The van der Waals surface area contributed by atoms with Crippen LogP contribution in [0.1, 0.15) is 12.6 Å². The fourth-order valence-electron chi connectivity index (χ4n) is 12.2. The first kappa shape index (κ1) is 98.9. The van der Waals surface area contributed by atoms with Gasteiger partial charge in [-0.2, -0.15) is 11.3 Å². The molecule has 3 N–H and O–H groups in total. The second kappa shape index (κ2) is 57.8. The predicted octanol–water partition coefficient (Wildman–Crippen LogP) is 15.9. The Bertz CT molecular complexity index is 4890. The number of hydrogen-bond acceptors (Lipinski definition) is 11. The molecule has 0 aliphatic carbocycles. The molecule has 0 saturated heterocycles. The van der Waals surface area contributed by atoms with Gasteiger partial charge in [0.25, 0.3) is 6.47 Å². The average Bonchev–Trinajstić information content (AvgIpc) is 1.50. The summed E-state index contributed by atoms with van der Waals surface area (Å²) in [6.07, 6.45) is 1.83. The number of pyridine rings is 2. The number of aliphatic hydroxyl groups is 1. The second-order valence-electron chi connectivity index (χ2n) is 26.0. The van der Waals surface area contributed by atoms with E-state index in [-0.39, 0.29) is 63.1 Å². The van der Waals surface area contributed by atoms with Crippen molar-refractivity contribution >= 4 is 174 Å². The molecule has 0 radical (unpaired) electrons. The maximum Gasteiger partial charge on any atom is 1.00 e. The van der Waals surface area contributed by atoms with Gasteiger partial charge in [-0.1, -0.05) is 416 Å². The Morgan fingerprint density at radius 2 is 0.683 bits per heavy atom. The van der Waals surface area contributed by atoms with Crippen LogP contribution in [-0.4, -0.2) is 58.5 Å². The van der Waals surface area contributed by atoms with E-state index >= 15 is 0 Å². The minimum Gasteiger partial charge on any atom is -0.662 e. The van der Waals surface area contributed by atoms with Crippen molar-refractivity contribution in [3.8, 4) is 10.4 Å². The first-order chi connectivity index (χ1) is 59.6. The summed E-state index contributed by atoms with van der Waals surface area (Å²) >= 11 is 6.52. The minimum absolute atomic E-state index is 0. The zero-order valence-corrected chi connectivity index (χ0v) is 78.8. The van der Waals surface area contributed by atoms with E-state index in [4.69, 9.17) is 29.9 Å². The van der Waals surface area contributed by atoms with Gasteiger partial charge in [0.1, 0.15) is 0 Å². The van der Waals surface area contributed by atoms with Crippen molar-refractivity contribution in [3.63, 3.8) is 0 Å². The molecule has 18 rings (SSSR count). The number of aryl methyl sites for hydroxylation is 1. The third kappa shape index (κ3) is 33.5. The summed E-state index contributed by atoms with van der Waals surface area (Å²) in [4.78, 5) is 21.3. The van der Waals surface area contributed by atoms with Crippen LogP contribution in [0.15, 0.2) is 470 Å². The van der Waals surface area contributed by atoms with Gasteiger partial charge in [0, 0.05) is 63.8 Å². The number of aromatic nitrogens is 2. The first-order valence-corrected chi connectivity index (χ1v) is 47.1. The van der Waals surface area contributed by atoms with E-state index in [0.29, 0.717) is 18.0 Å². The van der Waals surface area contributed by atoms with Crippen molar-refractivity contribution < 1.29 is 84.8 Å². The van der Waals surface area contributed by atoms with E-state index in [1.807, 2.05) is 44.3 Å². The van der Waals surface area contributed by atoms with E-state index in [0.717, 1.165) is 21.2 Å². The van der Waals surface area contributed by atoms with Gasteiger partial charge in [0.2, 0.25) is 0 Å². The van der Waals surface area contributed by atoms with E-state index in [2.05, 4.69) is 449 Å². The third-order valence-corrected chi connectivity index (χ3v) is 29.7. The summed E-state index contributed by atoms with van der Waals surface area (Å²) in [7, 11) is -3.08. The average molecular weight is 1890 g/mol. The molecule has 0 amide bonds. The Morgan fingerprint density at radius 3 is 0.935 bits per heavy atom. The molecule has 614 valence electrons. The first-order valence-electron chi connectivity index (χ1n) is 39.2. The molecule has 18 aromatic rings. The van der Waals surface area contributed by atoms with Crippen molar-refractivity contribution in [2.24, 2.45) is 0 Å². The van der Waals surface area contributed by atoms with Gasteiger partial charge in [-0.3, -0.25) is 14.8 Å². The monoisotopic (exact) mass is 1890 g/mol. The Kier molecular flexibility index (Phi) is 46.5. The molecule has 4 heterocycles. The summed E-state index contributed by atoms with van der Waals surface area (Å²) in [6, 6.07) is 158. The number of hydrogen-bond donors (Lipinski definition) is 3. The van der Waals surface area contributed by atoms with Crippen LogP contribution in [-0.2, 0) is 34.8 Å². The molecule has 0 aliphatic rings. The van der Waals surface area contributed by atoms with Gasteiger partial charge in [-0.25, -0.2) is 0 Å². The standard InChI is InChI=1S/4C18H15P.C13H9NS.C10H8BrN.C4H5BO2S.C4H10O2.CH2O3.Na.Pd/c4*1-4-10-16(11-5-1)19(17-12-6-2-7-13-17)18-14-8-3-9-15-18;1-3-10-9-11(13-4-2-8-15-13)5-6-12(10)14-7-1;1-7-2-3-8-6-9(11)4-5-10(8)12-7;6-5(7)4-2-1-3-8-4;1-2-6-4-3-5;2-1-4-3;;/h4*1-15H;1-9H;2-6H,1H3;1-3,6-7H;5H,2-4H2,1H3;1,3H;;/q;;;;;;;;;+1;/p-1. The molecule has 14 aromatic carbocycles. The Hall–Kier alpha value is -9.50. The fourth-order valence-corrected chi connectivity index (χ4v) is 23.1. The van der Waals surface area contributed by atoms with E-state index < -0.39 is 38.8 Å².